The van der Waals surface area contributed by atoms with Crippen molar-refractivity contribution in [3.63, 3.8) is 0 Å². The number of primary sulfonamides is 1. The van der Waals surface area contributed by atoms with Crippen LogP contribution in [0.25, 0.3) is 5.69 Å². The van der Waals surface area contributed by atoms with Gasteiger partial charge in [0.2, 0.25) is 10.0 Å². The van der Waals surface area contributed by atoms with Gasteiger partial charge in [-0.3, -0.25) is 4.79 Å². The van der Waals surface area contributed by atoms with Crippen LogP contribution in [0.4, 0.5) is 4.39 Å². The van der Waals surface area contributed by atoms with E-state index in [1.54, 1.807) is 12.4 Å². The molecule has 7 nitrogen and oxygen atoms in total. The lowest BCUT2D eigenvalue weighted by atomic mass is 10.1. The second kappa shape index (κ2) is 7.29. The van der Waals surface area contributed by atoms with Gasteiger partial charge in [0.1, 0.15) is 11.6 Å². The molecular weight excluding hydrogens is 371 g/mol. The second-order valence-electron chi connectivity index (χ2n) is 5.84. The van der Waals surface area contributed by atoms with Gasteiger partial charge in [-0.25, -0.2) is 22.9 Å². The highest BCUT2D eigenvalue weighted by atomic mass is 32.2. The normalized spacial score (nSPS) is 11.4. The molecule has 1 heterocycles. The minimum absolute atomic E-state index is 0.117. The number of carbonyl (C=O) groups is 1. The number of nitrogens with one attached hydrogen (secondary N) is 1. The number of aryl methyl sites for hydroxylation is 1. The van der Waals surface area contributed by atoms with Crippen LogP contribution in [0.1, 0.15) is 21.7 Å². The number of halogens is 1. The molecule has 0 atom stereocenters. The van der Waals surface area contributed by atoms with Gasteiger partial charge in [0.15, 0.2) is 0 Å². The Labute approximate surface area is 155 Å². The SMILES string of the molecule is Cc1nccn1-c1ccccc1CNC(=O)c1cc(S(N)(=O)=O)ccc1F. The molecule has 0 radical (unpaired) electrons. The van der Waals surface area contributed by atoms with E-state index in [-0.39, 0.29) is 11.4 Å². The Morgan fingerprint density at radius 1 is 1.26 bits per heavy atom. The fraction of sp³-hybridized carbons (Fsp3) is 0.111. The fourth-order valence-corrected chi connectivity index (χ4v) is 3.19. The summed E-state index contributed by atoms with van der Waals surface area (Å²) >= 11 is 0. The lowest BCUT2D eigenvalue weighted by Crippen LogP contribution is -2.25. The van der Waals surface area contributed by atoms with E-state index in [1.165, 1.54) is 0 Å². The first-order valence-corrected chi connectivity index (χ1v) is 9.51. The molecule has 0 fully saturated rings. The van der Waals surface area contributed by atoms with Crippen LogP contribution < -0.4 is 10.5 Å². The number of nitrogens with zero attached hydrogens (tertiary/aromatic N) is 2. The van der Waals surface area contributed by atoms with Crippen molar-refractivity contribution in [2.45, 2.75) is 18.4 Å². The second-order valence-corrected chi connectivity index (χ2v) is 7.40. The molecule has 2 aromatic carbocycles. The van der Waals surface area contributed by atoms with E-state index in [9.17, 15) is 17.6 Å². The first kappa shape index (κ1) is 18.7. The highest BCUT2D eigenvalue weighted by Crippen LogP contribution is 2.17. The molecule has 3 N–H and O–H groups in total. The Hall–Kier alpha value is -3.04. The molecule has 3 aromatic rings. The third-order valence-electron chi connectivity index (χ3n) is 4.03. The standard InChI is InChI=1S/C18H17FN4O3S/c1-12-21-8-9-23(12)17-5-3-2-4-13(17)11-22-18(24)15-10-14(27(20,25)26)6-7-16(15)19/h2-10H,11H2,1H3,(H,22,24)(H2,20,25,26). The molecule has 0 saturated heterocycles. The molecule has 0 unspecified atom stereocenters. The smallest absolute Gasteiger partial charge is 0.254 e. The summed E-state index contributed by atoms with van der Waals surface area (Å²) in [4.78, 5) is 16.2. The van der Waals surface area contributed by atoms with Gasteiger partial charge in [0.05, 0.1) is 16.1 Å². The maximum Gasteiger partial charge on any atom is 0.254 e. The number of para-hydroxylation sites is 1. The van der Waals surface area contributed by atoms with E-state index < -0.39 is 27.3 Å². The van der Waals surface area contributed by atoms with E-state index in [4.69, 9.17) is 5.14 Å². The van der Waals surface area contributed by atoms with Gasteiger partial charge in [-0.2, -0.15) is 0 Å². The Bertz CT molecular complexity index is 1110. The molecule has 9 heteroatoms. The van der Waals surface area contributed by atoms with Crippen LogP contribution in [0.3, 0.4) is 0 Å². The van der Waals surface area contributed by atoms with E-state index in [0.29, 0.717) is 0 Å². The van der Waals surface area contributed by atoms with Crippen molar-refractivity contribution in [1.29, 1.82) is 0 Å². The van der Waals surface area contributed by atoms with Gasteiger partial charge >= 0.3 is 0 Å². The van der Waals surface area contributed by atoms with Crippen LogP contribution in [-0.2, 0) is 16.6 Å². The molecule has 0 aliphatic rings. The molecule has 27 heavy (non-hydrogen) atoms. The summed E-state index contributed by atoms with van der Waals surface area (Å²) in [6.07, 6.45) is 3.46. The summed E-state index contributed by atoms with van der Waals surface area (Å²) in [5.74, 6) is -0.797. The number of hydrogen-bond acceptors (Lipinski definition) is 4. The quantitative estimate of drug-likeness (QED) is 0.696. The zero-order valence-corrected chi connectivity index (χ0v) is 15.2. The van der Waals surface area contributed by atoms with Crippen molar-refractivity contribution in [1.82, 2.24) is 14.9 Å². The van der Waals surface area contributed by atoms with Gasteiger partial charge in [0, 0.05) is 18.9 Å². The zero-order valence-electron chi connectivity index (χ0n) is 14.4. The van der Waals surface area contributed by atoms with Gasteiger partial charge in [-0.05, 0) is 36.8 Å². The molecule has 0 saturated carbocycles. The van der Waals surface area contributed by atoms with Gasteiger partial charge in [-0.1, -0.05) is 18.2 Å². The lowest BCUT2D eigenvalue weighted by molar-refractivity contribution is 0.0946. The van der Waals surface area contributed by atoms with Crippen LogP contribution in [0, 0.1) is 12.7 Å². The van der Waals surface area contributed by atoms with Crippen molar-refractivity contribution >= 4 is 15.9 Å². The van der Waals surface area contributed by atoms with Gasteiger partial charge < -0.3 is 9.88 Å². The predicted molar refractivity (Wildman–Crippen MR) is 97.2 cm³/mol. The monoisotopic (exact) mass is 388 g/mol. The van der Waals surface area contributed by atoms with Crippen LogP contribution >= 0.6 is 0 Å². The molecule has 3 rings (SSSR count). The maximum absolute atomic E-state index is 14.0. The van der Waals surface area contributed by atoms with Crippen LogP contribution in [-0.4, -0.2) is 23.9 Å². The van der Waals surface area contributed by atoms with Gasteiger partial charge in [-0.15, -0.1) is 0 Å². The zero-order chi connectivity index (χ0) is 19.6. The third-order valence-corrected chi connectivity index (χ3v) is 4.94. The molecule has 0 aliphatic heterocycles. The van der Waals surface area contributed by atoms with E-state index in [0.717, 1.165) is 35.3 Å². The third kappa shape index (κ3) is 4.04. The number of rotatable bonds is 5. The number of aromatic nitrogens is 2. The maximum atomic E-state index is 14.0. The Morgan fingerprint density at radius 3 is 2.67 bits per heavy atom. The van der Waals surface area contributed by atoms with Gasteiger partial charge in [0.25, 0.3) is 5.91 Å². The molecule has 0 spiro atoms. The number of amides is 1. The fourth-order valence-electron chi connectivity index (χ4n) is 2.65. The minimum atomic E-state index is -4.04. The summed E-state index contributed by atoms with van der Waals surface area (Å²) < 4.78 is 38.7. The van der Waals surface area contributed by atoms with Crippen molar-refractivity contribution in [3.05, 3.63) is 77.6 Å². The Kier molecular flexibility index (Phi) is 5.06. The molecule has 140 valence electrons. The number of nitrogens with two attached hydrogens (primary N) is 1. The Morgan fingerprint density at radius 2 is 2.00 bits per heavy atom. The number of sulfonamides is 1. The van der Waals surface area contributed by atoms with Crippen molar-refractivity contribution in [3.8, 4) is 5.69 Å². The highest BCUT2D eigenvalue weighted by molar-refractivity contribution is 7.89. The number of imidazole rings is 1. The van der Waals surface area contributed by atoms with Crippen LogP contribution in [0.5, 0.6) is 0 Å². The van der Waals surface area contributed by atoms with E-state index in [1.807, 2.05) is 35.8 Å². The topological polar surface area (TPSA) is 107 Å². The first-order valence-electron chi connectivity index (χ1n) is 7.96. The van der Waals surface area contributed by atoms with Crippen molar-refractivity contribution < 1.29 is 17.6 Å². The average Bonchev–Trinajstić information content (AvgIpc) is 3.05. The van der Waals surface area contributed by atoms with Crippen molar-refractivity contribution in [2.24, 2.45) is 5.14 Å². The lowest BCUT2D eigenvalue weighted by Gasteiger charge is -2.13. The molecular formula is C18H17FN4O3S. The molecule has 0 bridgehead atoms. The number of hydrogen-bond donors (Lipinski definition) is 2. The van der Waals surface area contributed by atoms with Crippen molar-refractivity contribution in [2.75, 3.05) is 0 Å². The number of carbonyl (C=O) groups excluding carboxylic acids is 1. The largest absolute Gasteiger partial charge is 0.348 e. The summed E-state index contributed by atoms with van der Waals surface area (Å²) in [7, 11) is -4.04. The Balaban J connectivity index is 1.85. The van der Waals surface area contributed by atoms with E-state index >= 15 is 0 Å². The van der Waals surface area contributed by atoms with Crippen LogP contribution in [0.2, 0.25) is 0 Å². The first-order chi connectivity index (χ1) is 12.8. The molecule has 1 aromatic heterocycles. The number of benzene rings is 2. The van der Waals surface area contributed by atoms with E-state index in [2.05, 4.69) is 10.3 Å². The molecule has 0 aliphatic carbocycles. The summed E-state index contributed by atoms with van der Waals surface area (Å²) in [5, 5.41) is 7.65. The minimum Gasteiger partial charge on any atom is -0.348 e. The summed E-state index contributed by atoms with van der Waals surface area (Å²) in [6, 6.07) is 10.2. The highest BCUT2D eigenvalue weighted by Gasteiger charge is 2.17. The average molecular weight is 388 g/mol. The molecule has 1 amide bonds. The van der Waals surface area contributed by atoms with Crippen LogP contribution in [0.15, 0.2) is 59.8 Å². The predicted octanol–water partition coefficient (Wildman–Crippen LogP) is 1.90. The summed E-state index contributed by atoms with van der Waals surface area (Å²) in [5.41, 5.74) is 1.22. The summed E-state index contributed by atoms with van der Waals surface area (Å²) in [6.45, 7) is 1.97.